The Balaban J connectivity index is 1.71. The minimum Gasteiger partial charge on any atom is -0.465 e. The van der Waals surface area contributed by atoms with Gasteiger partial charge in [0.2, 0.25) is 0 Å². The molecule has 1 aliphatic rings. The molecule has 2 aromatic heterocycles. The molecule has 156 valence electrons. The quantitative estimate of drug-likeness (QED) is 0.588. The van der Waals surface area contributed by atoms with E-state index in [9.17, 15) is 22.8 Å². The molecule has 8 nitrogen and oxygen atoms in total. The summed E-state index contributed by atoms with van der Waals surface area (Å²) in [5, 5.41) is 15.3. The second-order valence-electron chi connectivity index (χ2n) is 6.94. The highest BCUT2D eigenvalue weighted by atomic mass is 19.4. The van der Waals surface area contributed by atoms with Gasteiger partial charge in [0.15, 0.2) is 5.82 Å². The summed E-state index contributed by atoms with van der Waals surface area (Å²) in [6.45, 7) is 0.0319. The van der Waals surface area contributed by atoms with Gasteiger partial charge in [-0.15, -0.1) is 5.10 Å². The van der Waals surface area contributed by atoms with E-state index in [-0.39, 0.29) is 24.0 Å². The van der Waals surface area contributed by atoms with Crippen LogP contribution in [0.4, 0.5) is 18.0 Å². The summed E-state index contributed by atoms with van der Waals surface area (Å²) >= 11 is 0. The molecular formula is C19H16F3N5O3. The topological polar surface area (TPSA) is 113 Å². The van der Waals surface area contributed by atoms with Crippen molar-refractivity contribution in [2.24, 2.45) is 0 Å². The van der Waals surface area contributed by atoms with Crippen molar-refractivity contribution >= 4 is 6.09 Å². The molecule has 3 N–H and O–H groups in total. The van der Waals surface area contributed by atoms with Gasteiger partial charge < -0.3 is 10.4 Å². The van der Waals surface area contributed by atoms with Crippen LogP contribution in [0.2, 0.25) is 0 Å². The number of nitrogens with zero attached hydrogens (tertiary/aromatic N) is 3. The monoisotopic (exact) mass is 419 g/mol. The van der Waals surface area contributed by atoms with E-state index in [1.807, 2.05) is 0 Å². The molecule has 0 aliphatic heterocycles. The average Bonchev–Trinajstić information content (AvgIpc) is 3.47. The number of benzene rings is 1. The normalized spacial score (nSPS) is 14.0. The van der Waals surface area contributed by atoms with Gasteiger partial charge in [-0.05, 0) is 48.7 Å². The molecule has 4 rings (SSSR count). The summed E-state index contributed by atoms with van der Waals surface area (Å²) in [6, 6.07) is 5.80. The number of alkyl halides is 3. The van der Waals surface area contributed by atoms with Crippen LogP contribution >= 0.6 is 0 Å². The standard InChI is InChI=1S/C19H16F3N5O3/c20-19(21,22)12-3-5-13(6-4-12)27-17(28)25-16(26-27)14-7-10(9-24-18(29)30)8-23-15(14)11-1-2-11/h3-8,11,24H,1-2,9H2,(H,29,30)(H,25,26,28). The first-order valence-electron chi connectivity index (χ1n) is 9.05. The zero-order valence-electron chi connectivity index (χ0n) is 15.4. The van der Waals surface area contributed by atoms with Crippen LogP contribution in [-0.2, 0) is 12.7 Å². The third-order valence-electron chi connectivity index (χ3n) is 4.69. The number of hydrogen-bond acceptors (Lipinski definition) is 4. The van der Waals surface area contributed by atoms with Gasteiger partial charge in [-0.3, -0.25) is 9.97 Å². The second kappa shape index (κ2) is 7.32. The number of nitrogens with one attached hydrogen (secondary N) is 2. The molecule has 1 fully saturated rings. The summed E-state index contributed by atoms with van der Waals surface area (Å²) in [4.78, 5) is 30.2. The van der Waals surface area contributed by atoms with Crippen LogP contribution in [0.1, 0.15) is 35.6 Å². The SMILES string of the molecule is O=C(O)NCc1cnc(C2CC2)c(-c2nn(-c3ccc(C(F)(F)F)cc3)c(=O)[nH]2)c1. The summed E-state index contributed by atoms with van der Waals surface area (Å²) in [6.07, 6.45) is -2.21. The molecule has 0 atom stereocenters. The predicted molar refractivity (Wildman–Crippen MR) is 99.3 cm³/mol. The fraction of sp³-hybridized carbons (Fsp3) is 0.263. The van der Waals surface area contributed by atoms with Crippen LogP contribution in [0.15, 0.2) is 41.3 Å². The molecule has 2 heterocycles. The van der Waals surface area contributed by atoms with Gasteiger partial charge in [0, 0.05) is 24.2 Å². The number of carboxylic acid groups (broad SMARTS) is 1. The Morgan fingerprint density at radius 3 is 2.57 bits per heavy atom. The largest absolute Gasteiger partial charge is 0.465 e. The summed E-state index contributed by atoms with van der Waals surface area (Å²) < 4.78 is 39.3. The molecule has 1 amide bonds. The molecule has 30 heavy (non-hydrogen) atoms. The van der Waals surface area contributed by atoms with Gasteiger partial charge in [0.1, 0.15) is 0 Å². The molecule has 1 aromatic carbocycles. The van der Waals surface area contributed by atoms with Gasteiger partial charge in [-0.1, -0.05) is 0 Å². The first kappa shape index (κ1) is 19.7. The number of aromatic nitrogens is 4. The minimum atomic E-state index is -4.48. The average molecular weight is 419 g/mol. The molecule has 1 saturated carbocycles. The zero-order valence-corrected chi connectivity index (χ0v) is 15.4. The lowest BCUT2D eigenvalue weighted by Gasteiger charge is -2.09. The van der Waals surface area contributed by atoms with Gasteiger partial charge in [0.05, 0.1) is 16.9 Å². The second-order valence-corrected chi connectivity index (χ2v) is 6.94. The smallest absolute Gasteiger partial charge is 0.416 e. The first-order chi connectivity index (χ1) is 14.2. The van der Waals surface area contributed by atoms with Crippen molar-refractivity contribution in [3.8, 4) is 17.1 Å². The Kier molecular flexibility index (Phi) is 4.80. The van der Waals surface area contributed by atoms with Crippen LogP contribution in [0, 0.1) is 0 Å². The lowest BCUT2D eigenvalue weighted by atomic mass is 10.1. The van der Waals surface area contributed by atoms with Crippen molar-refractivity contribution < 1.29 is 23.1 Å². The maximum Gasteiger partial charge on any atom is 0.416 e. The van der Waals surface area contributed by atoms with Gasteiger partial charge in [-0.2, -0.15) is 17.9 Å². The maximum absolute atomic E-state index is 12.8. The fourth-order valence-electron chi connectivity index (χ4n) is 3.08. The highest BCUT2D eigenvalue weighted by Gasteiger charge is 2.31. The van der Waals surface area contributed by atoms with Crippen LogP contribution in [0.25, 0.3) is 17.1 Å². The Hall–Kier alpha value is -3.63. The number of carbonyl (C=O) groups is 1. The molecule has 1 aliphatic carbocycles. The van der Waals surface area contributed by atoms with Crippen molar-refractivity contribution in [3.63, 3.8) is 0 Å². The van der Waals surface area contributed by atoms with Crippen molar-refractivity contribution in [1.29, 1.82) is 0 Å². The number of pyridine rings is 1. The molecule has 0 bridgehead atoms. The Labute approximate surface area is 167 Å². The molecule has 0 radical (unpaired) electrons. The third kappa shape index (κ3) is 4.04. The van der Waals surface area contributed by atoms with Gasteiger partial charge >= 0.3 is 18.0 Å². The summed E-state index contributed by atoms with van der Waals surface area (Å²) in [5.41, 5.74) is 0.628. The van der Waals surface area contributed by atoms with E-state index >= 15 is 0 Å². The Bertz CT molecular complexity index is 1150. The molecule has 11 heteroatoms. The lowest BCUT2D eigenvalue weighted by molar-refractivity contribution is -0.137. The maximum atomic E-state index is 12.8. The van der Waals surface area contributed by atoms with E-state index in [1.165, 1.54) is 12.1 Å². The Morgan fingerprint density at radius 2 is 1.97 bits per heavy atom. The van der Waals surface area contributed by atoms with E-state index in [1.54, 1.807) is 12.3 Å². The van der Waals surface area contributed by atoms with Crippen LogP contribution in [-0.4, -0.2) is 30.9 Å². The number of H-pyrrole nitrogens is 1. The van der Waals surface area contributed by atoms with Crippen molar-refractivity contribution in [3.05, 3.63) is 63.8 Å². The van der Waals surface area contributed by atoms with Crippen LogP contribution in [0.3, 0.4) is 0 Å². The first-order valence-corrected chi connectivity index (χ1v) is 9.05. The highest BCUT2D eigenvalue weighted by molar-refractivity contribution is 5.65. The predicted octanol–water partition coefficient (Wildman–Crippen LogP) is 3.29. The molecule has 0 spiro atoms. The summed E-state index contributed by atoms with van der Waals surface area (Å²) in [5.74, 6) is 0.438. The number of halogens is 3. The fourth-order valence-corrected chi connectivity index (χ4v) is 3.08. The highest BCUT2D eigenvalue weighted by Crippen LogP contribution is 2.42. The molecule has 0 saturated heterocycles. The molecule has 3 aromatic rings. The zero-order chi connectivity index (χ0) is 21.5. The number of amides is 1. The van der Waals surface area contributed by atoms with Crippen molar-refractivity contribution in [2.75, 3.05) is 0 Å². The molecular weight excluding hydrogens is 403 g/mol. The molecule has 0 unspecified atom stereocenters. The Morgan fingerprint density at radius 1 is 1.27 bits per heavy atom. The number of aromatic amines is 1. The van der Waals surface area contributed by atoms with Crippen molar-refractivity contribution in [1.82, 2.24) is 25.1 Å². The third-order valence-corrected chi connectivity index (χ3v) is 4.69. The number of rotatable bonds is 5. The van der Waals surface area contributed by atoms with Crippen LogP contribution < -0.4 is 11.0 Å². The van der Waals surface area contributed by atoms with Crippen LogP contribution in [0.5, 0.6) is 0 Å². The minimum absolute atomic E-state index is 0.0319. The van der Waals surface area contributed by atoms with Gasteiger partial charge in [-0.25, -0.2) is 9.59 Å². The number of hydrogen-bond donors (Lipinski definition) is 3. The van der Waals surface area contributed by atoms with Gasteiger partial charge in [0.25, 0.3) is 0 Å². The van der Waals surface area contributed by atoms with E-state index < -0.39 is 23.5 Å². The van der Waals surface area contributed by atoms with E-state index in [2.05, 4.69) is 20.4 Å². The summed E-state index contributed by atoms with van der Waals surface area (Å²) in [7, 11) is 0. The van der Waals surface area contributed by atoms with Crippen molar-refractivity contribution in [2.45, 2.75) is 31.5 Å². The van der Waals surface area contributed by atoms with E-state index in [0.29, 0.717) is 11.1 Å². The lowest BCUT2D eigenvalue weighted by Crippen LogP contribution is -2.20. The van der Waals surface area contributed by atoms with E-state index in [4.69, 9.17) is 5.11 Å². The van der Waals surface area contributed by atoms with E-state index in [0.717, 1.165) is 35.4 Å².